The number of hydrogen-bond acceptors (Lipinski definition) is 4. The number of nitriles is 1. The van der Waals surface area contributed by atoms with Crippen LogP contribution in [0.25, 0.3) is 6.08 Å². The molecule has 3 aliphatic heterocycles. The molecule has 4 nitrogen and oxygen atoms in total. The predicted octanol–water partition coefficient (Wildman–Crippen LogP) is 3.80. The van der Waals surface area contributed by atoms with Gasteiger partial charge in [0.15, 0.2) is 12.0 Å². The first-order valence-corrected chi connectivity index (χ1v) is 8.87. The first kappa shape index (κ1) is 15.5. The number of fused-ring (bicyclic) bond motifs is 3. The van der Waals surface area contributed by atoms with Crippen molar-refractivity contribution >= 4 is 23.5 Å². The lowest BCUT2D eigenvalue weighted by Crippen LogP contribution is -2.27. The number of halogens is 1. The van der Waals surface area contributed by atoms with E-state index < -0.39 is 0 Å². The number of nitrogens with zero attached hydrogens (tertiary/aromatic N) is 2. The van der Waals surface area contributed by atoms with Crippen LogP contribution in [0.2, 0.25) is 5.02 Å². The molecule has 0 unspecified atom stereocenters. The van der Waals surface area contributed by atoms with Crippen LogP contribution < -0.4 is 4.74 Å². The fraction of sp³-hybridized carbons (Fsp3) is 0.474. The lowest BCUT2D eigenvalue weighted by atomic mass is 9.84. The van der Waals surface area contributed by atoms with E-state index in [1.807, 2.05) is 23.1 Å². The molecule has 4 rings (SSSR count). The van der Waals surface area contributed by atoms with Gasteiger partial charge >= 0.3 is 0 Å². The highest BCUT2D eigenvalue weighted by Gasteiger charge is 2.46. The molecule has 124 valence electrons. The third-order valence-electron chi connectivity index (χ3n) is 5.52. The van der Waals surface area contributed by atoms with Crippen molar-refractivity contribution in [1.82, 2.24) is 4.90 Å². The number of rotatable bonds is 3. The average Bonchev–Trinajstić information content (AvgIpc) is 3.03. The molecule has 1 aromatic carbocycles. The smallest absolute Gasteiger partial charge is 0.179 e. The van der Waals surface area contributed by atoms with Crippen molar-refractivity contribution in [2.45, 2.75) is 44.2 Å². The number of carbonyl (C=O) groups excluding carboxylic acids is 1. The molecule has 5 heteroatoms. The highest BCUT2D eigenvalue weighted by Crippen LogP contribution is 2.43. The molecule has 0 saturated carbocycles. The van der Waals surface area contributed by atoms with E-state index in [4.69, 9.17) is 16.3 Å². The molecule has 0 amide bonds. The molecule has 2 fully saturated rings. The van der Waals surface area contributed by atoms with Gasteiger partial charge < -0.3 is 9.64 Å². The molecule has 3 aliphatic rings. The van der Waals surface area contributed by atoms with Gasteiger partial charge in [0, 0.05) is 35.5 Å². The third-order valence-corrected chi connectivity index (χ3v) is 5.75. The largest absolute Gasteiger partial charge is 0.493 e. The summed E-state index contributed by atoms with van der Waals surface area (Å²) in [4.78, 5) is 14.7. The Kier molecular flexibility index (Phi) is 3.97. The summed E-state index contributed by atoms with van der Waals surface area (Å²) in [6.45, 7) is 0.507. The third kappa shape index (κ3) is 2.67. The molecular formula is C19H19ClN2O2. The molecular weight excluding hydrogens is 324 g/mol. The Morgan fingerprint density at radius 1 is 1.42 bits per heavy atom. The molecule has 0 aliphatic carbocycles. The Hall–Kier alpha value is -1.99. The standard InChI is InChI=1S/C19H19ClN2O2/c20-15-1-4-19-14(8-15)7-12(5-6-24-19)18(23)10-13-9-16-2-3-17(13)22(16)11-21/h1,4,7-8,13,16-17H,2-3,5-6,9-10H2/t13-,16-,17+/m0/s1. The van der Waals surface area contributed by atoms with Crippen molar-refractivity contribution in [2.24, 2.45) is 5.92 Å². The summed E-state index contributed by atoms with van der Waals surface area (Å²) in [6, 6.07) is 6.09. The minimum absolute atomic E-state index is 0.182. The SMILES string of the molecule is N#CN1[C@H]2CC[C@@H]1[C@H](CC(=O)C1=Cc3cc(Cl)ccc3OCC1)C2. The molecule has 0 spiro atoms. The topological polar surface area (TPSA) is 53.3 Å². The van der Waals surface area contributed by atoms with Crippen molar-refractivity contribution in [3.8, 4) is 11.9 Å². The van der Waals surface area contributed by atoms with Gasteiger partial charge in [0.2, 0.25) is 0 Å². The summed E-state index contributed by atoms with van der Waals surface area (Å²) < 4.78 is 5.72. The second kappa shape index (κ2) is 6.14. The molecule has 0 aromatic heterocycles. The molecule has 3 atom stereocenters. The van der Waals surface area contributed by atoms with Gasteiger partial charge in [-0.2, -0.15) is 5.26 Å². The van der Waals surface area contributed by atoms with E-state index in [9.17, 15) is 10.1 Å². The normalized spacial score (nSPS) is 27.8. The van der Waals surface area contributed by atoms with Crippen LogP contribution in [0.4, 0.5) is 0 Å². The van der Waals surface area contributed by atoms with E-state index >= 15 is 0 Å². The second-order valence-corrected chi connectivity index (χ2v) is 7.32. The van der Waals surface area contributed by atoms with Crippen molar-refractivity contribution in [3.05, 3.63) is 34.4 Å². The number of carbonyl (C=O) groups is 1. The van der Waals surface area contributed by atoms with Gasteiger partial charge in [-0.05, 0) is 55.0 Å². The molecule has 2 bridgehead atoms. The monoisotopic (exact) mass is 342 g/mol. The van der Waals surface area contributed by atoms with Crippen LogP contribution >= 0.6 is 11.6 Å². The summed E-state index contributed by atoms with van der Waals surface area (Å²) in [5.74, 6) is 1.26. The number of benzene rings is 1. The van der Waals surface area contributed by atoms with Crippen LogP contribution in [-0.4, -0.2) is 29.4 Å². The fourth-order valence-corrected chi connectivity index (χ4v) is 4.55. The molecule has 1 aromatic rings. The Morgan fingerprint density at radius 3 is 3.08 bits per heavy atom. The Labute approximate surface area is 146 Å². The number of Topliss-reactive ketones (excluding diaryl/α,β-unsaturated/α-hetero) is 1. The molecule has 3 heterocycles. The zero-order valence-corrected chi connectivity index (χ0v) is 14.1. The molecule has 0 N–H and O–H groups in total. The first-order valence-electron chi connectivity index (χ1n) is 8.50. The molecule has 24 heavy (non-hydrogen) atoms. The van der Waals surface area contributed by atoms with Crippen LogP contribution in [0.5, 0.6) is 5.75 Å². The van der Waals surface area contributed by atoms with E-state index in [-0.39, 0.29) is 11.8 Å². The molecule has 2 saturated heterocycles. The predicted molar refractivity (Wildman–Crippen MR) is 91.5 cm³/mol. The van der Waals surface area contributed by atoms with E-state index in [0.717, 1.165) is 36.1 Å². The maximum atomic E-state index is 12.8. The highest BCUT2D eigenvalue weighted by atomic mass is 35.5. The highest BCUT2D eigenvalue weighted by molar-refractivity contribution is 6.30. The van der Waals surface area contributed by atoms with Crippen molar-refractivity contribution in [2.75, 3.05) is 6.61 Å². The van der Waals surface area contributed by atoms with Crippen LogP contribution in [0.1, 0.15) is 37.7 Å². The van der Waals surface area contributed by atoms with Gasteiger partial charge in [-0.25, -0.2) is 0 Å². The van der Waals surface area contributed by atoms with Crippen LogP contribution in [-0.2, 0) is 4.79 Å². The van der Waals surface area contributed by atoms with Gasteiger partial charge in [-0.15, -0.1) is 0 Å². The lowest BCUT2D eigenvalue weighted by Gasteiger charge is -2.20. The number of hydrogen-bond donors (Lipinski definition) is 0. The second-order valence-electron chi connectivity index (χ2n) is 6.88. The zero-order chi connectivity index (χ0) is 16.7. The summed E-state index contributed by atoms with van der Waals surface area (Å²) in [5.41, 5.74) is 1.68. The van der Waals surface area contributed by atoms with E-state index in [1.165, 1.54) is 0 Å². The van der Waals surface area contributed by atoms with Crippen molar-refractivity contribution < 1.29 is 9.53 Å². The quantitative estimate of drug-likeness (QED) is 0.784. The van der Waals surface area contributed by atoms with Gasteiger partial charge in [-0.3, -0.25) is 4.79 Å². The summed E-state index contributed by atoms with van der Waals surface area (Å²) in [7, 11) is 0. The van der Waals surface area contributed by atoms with Crippen LogP contribution in [0.3, 0.4) is 0 Å². The van der Waals surface area contributed by atoms with E-state index in [2.05, 4.69) is 6.19 Å². The van der Waals surface area contributed by atoms with E-state index in [0.29, 0.717) is 36.4 Å². The minimum atomic E-state index is 0.182. The summed E-state index contributed by atoms with van der Waals surface area (Å²) in [5, 5.41) is 9.91. The van der Waals surface area contributed by atoms with Gasteiger partial charge in [0.25, 0.3) is 0 Å². The minimum Gasteiger partial charge on any atom is -0.493 e. The van der Waals surface area contributed by atoms with Crippen LogP contribution in [0.15, 0.2) is 23.8 Å². The lowest BCUT2D eigenvalue weighted by molar-refractivity contribution is -0.116. The maximum absolute atomic E-state index is 12.8. The number of ketones is 1. The first-order chi connectivity index (χ1) is 11.7. The van der Waals surface area contributed by atoms with Gasteiger partial charge in [0.1, 0.15) is 5.75 Å². The maximum Gasteiger partial charge on any atom is 0.179 e. The fourth-order valence-electron chi connectivity index (χ4n) is 4.37. The van der Waals surface area contributed by atoms with Gasteiger partial charge in [-0.1, -0.05) is 11.6 Å². The Morgan fingerprint density at radius 2 is 2.29 bits per heavy atom. The zero-order valence-electron chi connectivity index (χ0n) is 13.4. The average molecular weight is 343 g/mol. The van der Waals surface area contributed by atoms with Gasteiger partial charge in [0.05, 0.1) is 6.61 Å². The summed E-state index contributed by atoms with van der Waals surface area (Å²) in [6.07, 6.45) is 8.48. The Bertz CT molecular complexity index is 752. The summed E-state index contributed by atoms with van der Waals surface area (Å²) >= 11 is 6.06. The number of ether oxygens (including phenoxy) is 1. The van der Waals surface area contributed by atoms with Crippen molar-refractivity contribution in [1.29, 1.82) is 5.26 Å². The molecule has 0 radical (unpaired) electrons. The van der Waals surface area contributed by atoms with E-state index in [1.54, 1.807) is 6.07 Å². The van der Waals surface area contributed by atoms with Crippen LogP contribution in [0, 0.1) is 17.4 Å². The Balaban J connectivity index is 1.52. The van der Waals surface area contributed by atoms with Crippen molar-refractivity contribution in [3.63, 3.8) is 0 Å².